The number of hydrogen-bond donors (Lipinski definition) is 1. The molecule has 1 rings (SSSR count). The Balaban J connectivity index is 2.89. The number of benzene rings is 1. The second kappa shape index (κ2) is 5.01. The number of rotatable bonds is 4. The molecule has 0 heterocycles. The van der Waals surface area contributed by atoms with E-state index in [-0.39, 0.29) is 11.5 Å². The molecule has 1 atom stereocenters. The predicted octanol–water partition coefficient (Wildman–Crippen LogP) is 3.64. The molecule has 1 N–H and O–H groups in total. The molecule has 1 unspecified atom stereocenters. The van der Waals surface area contributed by atoms with Crippen LogP contribution in [0, 0.1) is 19.3 Å². The Morgan fingerprint density at radius 2 is 1.69 bits per heavy atom. The molecule has 90 valence electrons. The van der Waals surface area contributed by atoms with Gasteiger partial charge in [0.2, 0.25) is 0 Å². The summed E-state index contributed by atoms with van der Waals surface area (Å²) in [5.41, 5.74) is 3.86. The maximum absolute atomic E-state index is 10.3. The zero-order chi connectivity index (χ0) is 12.3. The second-order valence-electron chi connectivity index (χ2n) is 5.43. The van der Waals surface area contributed by atoms with Gasteiger partial charge in [0.25, 0.3) is 0 Å². The normalized spacial score (nSPS) is 13.9. The smallest absolute Gasteiger partial charge is 0.0631 e. The van der Waals surface area contributed by atoms with Gasteiger partial charge in [0.1, 0.15) is 0 Å². The molecule has 0 saturated heterocycles. The fourth-order valence-electron chi connectivity index (χ4n) is 1.88. The van der Waals surface area contributed by atoms with Gasteiger partial charge in [-0.25, -0.2) is 0 Å². The van der Waals surface area contributed by atoms with Crippen LogP contribution in [0.2, 0.25) is 0 Å². The molecule has 1 heteroatoms. The lowest BCUT2D eigenvalue weighted by Gasteiger charge is -2.30. The van der Waals surface area contributed by atoms with E-state index in [1.807, 2.05) is 0 Å². The Morgan fingerprint density at radius 3 is 2.12 bits per heavy atom. The van der Waals surface area contributed by atoms with E-state index in [1.54, 1.807) is 0 Å². The van der Waals surface area contributed by atoms with Gasteiger partial charge >= 0.3 is 0 Å². The van der Waals surface area contributed by atoms with Crippen molar-refractivity contribution < 1.29 is 5.11 Å². The van der Waals surface area contributed by atoms with Crippen LogP contribution in [-0.4, -0.2) is 11.2 Å². The molecular formula is C15H24O. The number of aliphatic hydroxyl groups excluding tert-OH is 1. The molecule has 0 aliphatic carbocycles. The van der Waals surface area contributed by atoms with Gasteiger partial charge < -0.3 is 5.11 Å². The van der Waals surface area contributed by atoms with Crippen molar-refractivity contribution in [2.75, 3.05) is 0 Å². The molecule has 0 spiro atoms. The second-order valence-corrected chi connectivity index (χ2v) is 5.43. The van der Waals surface area contributed by atoms with E-state index in [2.05, 4.69) is 52.8 Å². The Labute approximate surface area is 99.5 Å². The quantitative estimate of drug-likeness (QED) is 0.821. The first-order valence-electron chi connectivity index (χ1n) is 6.11. The first kappa shape index (κ1) is 13.2. The van der Waals surface area contributed by atoms with E-state index in [0.29, 0.717) is 0 Å². The highest BCUT2D eigenvalue weighted by molar-refractivity contribution is 5.34. The van der Waals surface area contributed by atoms with Crippen molar-refractivity contribution in [3.63, 3.8) is 0 Å². The number of hydrogen-bond acceptors (Lipinski definition) is 1. The van der Waals surface area contributed by atoms with Gasteiger partial charge in [-0.05, 0) is 48.8 Å². The summed E-state index contributed by atoms with van der Waals surface area (Å²) in [6.07, 6.45) is 1.50. The first-order chi connectivity index (χ1) is 7.38. The van der Waals surface area contributed by atoms with Crippen molar-refractivity contribution in [2.24, 2.45) is 5.41 Å². The molecule has 0 fully saturated rings. The maximum Gasteiger partial charge on any atom is 0.0631 e. The van der Waals surface area contributed by atoms with Gasteiger partial charge in [-0.15, -0.1) is 0 Å². The largest absolute Gasteiger partial charge is 0.392 e. The van der Waals surface area contributed by atoms with E-state index >= 15 is 0 Å². The molecule has 0 saturated carbocycles. The van der Waals surface area contributed by atoms with Crippen LogP contribution in [0.15, 0.2) is 18.2 Å². The minimum atomic E-state index is -0.266. The minimum absolute atomic E-state index is 0.00524. The average molecular weight is 220 g/mol. The Hall–Kier alpha value is -0.820. The van der Waals surface area contributed by atoms with E-state index in [0.717, 1.165) is 12.8 Å². The van der Waals surface area contributed by atoms with E-state index in [4.69, 9.17) is 0 Å². The van der Waals surface area contributed by atoms with E-state index in [1.165, 1.54) is 16.7 Å². The summed E-state index contributed by atoms with van der Waals surface area (Å²) in [5.74, 6) is 0. The van der Waals surface area contributed by atoms with Crippen LogP contribution in [0.4, 0.5) is 0 Å². The highest BCUT2D eigenvalue weighted by atomic mass is 16.3. The topological polar surface area (TPSA) is 20.2 Å². The third kappa shape index (κ3) is 2.85. The third-order valence-electron chi connectivity index (χ3n) is 3.86. The third-order valence-corrected chi connectivity index (χ3v) is 3.86. The lowest BCUT2D eigenvalue weighted by Crippen LogP contribution is -2.31. The lowest BCUT2D eigenvalue weighted by atomic mass is 9.80. The molecule has 1 aromatic rings. The fourth-order valence-corrected chi connectivity index (χ4v) is 1.88. The van der Waals surface area contributed by atoms with Crippen molar-refractivity contribution in [1.82, 2.24) is 0 Å². The SMILES string of the molecule is CCC(C)(C)C(O)Cc1c(C)cccc1C. The van der Waals surface area contributed by atoms with Crippen molar-refractivity contribution in [1.29, 1.82) is 0 Å². The molecule has 1 nitrogen and oxygen atoms in total. The highest BCUT2D eigenvalue weighted by Crippen LogP contribution is 2.28. The Kier molecular flexibility index (Phi) is 4.15. The molecular weight excluding hydrogens is 196 g/mol. The van der Waals surface area contributed by atoms with Crippen LogP contribution in [0.1, 0.15) is 43.9 Å². The van der Waals surface area contributed by atoms with Crippen molar-refractivity contribution in [3.8, 4) is 0 Å². The summed E-state index contributed by atoms with van der Waals surface area (Å²) in [7, 11) is 0. The molecule has 0 amide bonds. The van der Waals surface area contributed by atoms with Gasteiger partial charge in [-0.1, -0.05) is 39.0 Å². The van der Waals surface area contributed by atoms with Crippen LogP contribution in [-0.2, 0) is 6.42 Å². The summed E-state index contributed by atoms with van der Waals surface area (Å²) in [6.45, 7) is 10.6. The molecule has 0 aromatic heterocycles. The monoisotopic (exact) mass is 220 g/mol. The summed E-state index contributed by atoms with van der Waals surface area (Å²) < 4.78 is 0. The van der Waals surface area contributed by atoms with Crippen molar-refractivity contribution in [2.45, 2.75) is 53.6 Å². The van der Waals surface area contributed by atoms with Crippen LogP contribution in [0.25, 0.3) is 0 Å². The Bertz CT molecular complexity index is 332. The molecule has 0 aliphatic heterocycles. The van der Waals surface area contributed by atoms with Crippen molar-refractivity contribution in [3.05, 3.63) is 34.9 Å². The molecule has 0 aliphatic rings. The molecule has 16 heavy (non-hydrogen) atoms. The molecule has 0 radical (unpaired) electrons. The maximum atomic E-state index is 10.3. The zero-order valence-electron chi connectivity index (χ0n) is 11.2. The lowest BCUT2D eigenvalue weighted by molar-refractivity contribution is 0.0477. The van der Waals surface area contributed by atoms with Crippen LogP contribution in [0.3, 0.4) is 0 Å². The van der Waals surface area contributed by atoms with Gasteiger partial charge in [0.15, 0.2) is 0 Å². The summed E-state index contributed by atoms with van der Waals surface area (Å²) in [5, 5.41) is 10.3. The first-order valence-corrected chi connectivity index (χ1v) is 6.11. The summed E-state index contributed by atoms with van der Waals surface area (Å²) in [6, 6.07) is 6.31. The van der Waals surface area contributed by atoms with Gasteiger partial charge in [0, 0.05) is 0 Å². The number of aliphatic hydroxyl groups is 1. The Morgan fingerprint density at radius 1 is 1.19 bits per heavy atom. The standard InChI is InChI=1S/C15H24O/c1-6-15(4,5)14(16)10-13-11(2)8-7-9-12(13)3/h7-9,14,16H,6,10H2,1-5H3. The minimum Gasteiger partial charge on any atom is -0.392 e. The fraction of sp³-hybridized carbons (Fsp3) is 0.600. The van der Waals surface area contributed by atoms with Crippen LogP contribution in [0.5, 0.6) is 0 Å². The predicted molar refractivity (Wildman–Crippen MR) is 69.7 cm³/mol. The average Bonchev–Trinajstić information content (AvgIpc) is 2.23. The molecule has 0 bridgehead atoms. The van der Waals surface area contributed by atoms with Gasteiger partial charge in [-0.3, -0.25) is 0 Å². The number of aryl methyl sites for hydroxylation is 2. The van der Waals surface area contributed by atoms with Gasteiger partial charge in [-0.2, -0.15) is 0 Å². The highest BCUT2D eigenvalue weighted by Gasteiger charge is 2.26. The van der Waals surface area contributed by atoms with Crippen molar-refractivity contribution >= 4 is 0 Å². The summed E-state index contributed by atoms with van der Waals surface area (Å²) >= 11 is 0. The van der Waals surface area contributed by atoms with E-state index in [9.17, 15) is 5.11 Å². The van der Waals surface area contributed by atoms with Crippen LogP contribution >= 0.6 is 0 Å². The summed E-state index contributed by atoms with van der Waals surface area (Å²) in [4.78, 5) is 0. The molecule has 1 aromatic carbocycles. The van der Waals surface area contributed by atoms with E-state index < -0.39 is 0 Å². The zero-order valence-corrected chi connectivity index (χ0v) is 11.2. The van der Waals surface area contributed by atoms with Crippen LogP contribution < -0.4 is 0 Å². The van der Waals surface area contributed by atoms with Gasteiger partial charge in [0.05, 0.1) is 6.10 Å².